The predicted octanol–water partition coefficient (Wildman–Crippen LogP) is 3.77. The Bertz CT molecular complexity index is 497. The zero-order valence-corrected chi connectivity index (χ0v) is 10.7. The van der Waals surface area contributed by atoms with Crippen LogP contribution in [-0.2, 0) is 6.54 Å². The van der Waals surface area contributed by atoms with Gasteiger partial charge in [0.15, 0.2) is 0 Å². The van der Waals surface area contributed by atoms with Crippen LogP contribution < -0.4 is 5.12 Å². The van der Waals surface area contributed by atoms with Crippen LogP contribution in [0.1, 0.15) is 5.56 Å². The maximum atomic E-state index is 14.2. The van der Waals surface area contributed by atoms with Gasteiger partial charge < -0.3 is 4.90 Å². The molecule has 0 unspecified atom stereocenters. The molecule has 0 aliphatic rings. The van der Waals surface area contributed by atoms with E-state index in [-0.39, 0.29) is 0 Å². The molecule has 0 saturated carbocycles. The van der Waals surface area contributed by atoms with Gasteiger partial charge in [0.1, 0.15) is 0 Å². The van der Waals surface area contributed by atoms with E-state index < -0.39 is 0 Å². The highest BCUT2D eigenvalue weighted by atomic mass is 19.2. The third-order valence-electron chi connectivity index (χ3n) is 2.62. The van der Waals surface area contributed by atoms with Crippen molar-refractivity contribution in [3.8, 4) is 0 Å². The molecule has 0 N–H and O–H groups in total. The normalized spacial score (nSPS) is 10.7. The fraction of sp³-hybridized carbons (Fsp3) is 0.200. The van der Waals surface area contributed by atoms with Gasteiger partial charge in [-0.2, -0.15) is 5.12 Å². The lowest BCUT2D eigenvalue weighted by molar-refractivity contribution is 0.402. The summed E-state index contributed by atoms with van der Waals surface area (Å²) in [4.78, 5) is 2.06. The molecule has 18 heavy (non-hydrogen) atoms. The minimum absolute atomic E-state index is 0.541. The third-order valence-corrected chi connectivity index (χ3v) is 2.62. The molecule has 0 bridgehead atoms. The summed E-state index contributed by atoms with van der Waals surface area (Å²) in [6.45, 7) is 0.802. The summed E-state index contributed by atoms with van der Waals surface area (Å²) in [5.74, 6) is 0. The molecule has 94 valence electrons. The molecule has 0 aliphatic heterocycles. The summed E-state index contributed by atoms with van der Waals surface area (Å²) < 4.78 is 14.2. The highest BCUT2D eigenvalue weighted by molar-refractivity contribution is 5.60. The van der Waals surface area contributed by atoms with Gasteiger partial charge in [-0.25, -0.2) is 0 Å². The van der Waals surface area contributed by atoms with Gasteiger partial charge in [0.05, 0.1) is 11.4 Å². The molecule has 0 aliphatic carbocycles. The number of halogens is 1. The van der Waals surface area contributed by atoms with Crippen LogP contribution in [0.4, 0.5) is 15.9 Å². The smallest absolute Gasteiger partial charge is 0.0750 e. The van der Waals surface area contributed by atoms with Crippen LogP contribution in [0.2, 0.25) is 0 Å². The number of hydrogen-bond donors (Lipinski definition) is 0. The topological polar surface area (TPSA) is 6.48 Å². The van der Waals surface area contributed by atoms with Crippen molar-refractivity contribution in [2.45, 2.75) is 6.54 Å². The van der Waals surface area contributed by atoms with E-state index in [2.05, 4.69) is 4.90 Å². The Labute approximate surface area is 107 Å². The van der Waals surface area contributed by atoms with Crippen LogP contribution >= 0.6 is 0 Å². The number of benzene rings is 2. The van der Waals surface area contributed by atoms with Gasteiger partial charge >= 0.3 is 0 Å². The van der Waals surface area contributed by atoms with Gasteiger partial charge in [-0.3, -0.25) is 0 Å². The van der Waals surface area contributed by atoms with E-state index in [4.69, 9.17) is 0 Å². The van der Waals surface area contributed by atoms with E-state index in [9.17, 15) is 4.48 Å². The van der Waals surface area contributed by atoms with Gasteiger partial charge in [0.25, 0.3) is 0 Å². The predicted molar refractivity (Wildman–Crippen MR) is 73.5 cm³/mol. The SMILES string of the molecule is CN(C)Cc1cccc(N(F)c2ccccc2)c1. The van der Waals surface area contributed by atoms with Crippen molar-refractivity contribution in [1.82, 2.24) is 4.90 Å². The first-order chi connectivity index (χ1) is 8.66. The van der Waals surface area contributed by atoms with Crippen molar-refractivity contribution >= 4 is 11.4 Å². The van der Waals surface area contributed by atoms with Crippen molar-refractivity contribution in [1.29, 1.82) is 0 Å². The van der Waals surface area contributed by atoms with E-state index in [1.165, 1.54) is 0 Å². The fourth-order valence-corrected chi connectivity index (χ4v) is 1.85. The molecule has 0 radical (unpaired) electrons. The van der Waals surface area contributed by atoms with E-state index in [1.807, 2.05) is 50.5 Å². The molecule has 0 aromatic heterocycles. The van der Waals surface area contributed by atoms with Crippen molar-refractivity contribution < 1.29 is 4.48 Å². The zero-order valence-electron chi connectivity index (χ0n) is 10.7. The molecule has 0 atom stereocenters. The molecule has 2 nitrogen and oxygen atoms in total. The van der Waals surface area contributed by atoms with Gasteiger partial charge in [-0.1, -0.05) is 34.8 Å². The Morgan fingerprint density at radius 2 is 1.56 bits per heavy atom. The van der Waals surface area contributed by atoms with Gasteiger partial charge in [0.2, 0.25) is 0 Å². The van der Waals surface area contributed by atoms with Gasteiger partial charge in [-0.15, -0.1) is 0 Å². The molecule has 2 aromatic rings. The highest BCUT2D eigenvalue weighted by Gasteiger charge is 2.08. The molecule has 0 spiro atoms. The first kappa shape index (κ1) is 12.6. The number of anilines is 2. The van der Waals surface area contributed by atoms with Crippen LogP contribution in [0.5, 0.6) is 0 Å². The largest absolute Gasteiger partial charge is 0.305 e. The maximum absolute atomic E-state index is 14.2. The Kier molecular flexibility index (Phi) is 3.95. The second-order valence-corrected chi connectivity index (χ2v) is 4.52. The van der Waals surface area contributed by atoms with Crippen molar-refractivity contribution in [2.24, 2.45) is 0 Å². The van der Waals surface area contributed by atoms with Crippen LogP contribution in [0.15, 0.2) is 54.6 Å². The highest BCUT2D eigenvalue weighted by Crippen LogP contribution is 2.26. The third kappa shape index (κ3) is 3.08. The van der Waals surface area contributed by atoms with E-state index >= 15 is 0 Å². The molecule has 0 amide bonds. The average Bonchev–Trinajstić information content (AvgIpc) is 2.38. The lowest BCUT2D eigenvalue weighted by atomic mass is 10.2. The first-order valence-corrected chi connectivity index (χ1v) is 5.91. The molecule has 0 heterocycles. The zero-order chi connectivity index (χ0) is 13.0. The van der Waals surface area contributed by atoms with Crippen LogP contribution in [-0.4, -0.2) is 19.0 Å². The second kappa shape index (κ2) is 5.65. The summed E-state index contributed by atoms with van der Waals surface area (Å²) in [5, 5.41) is 0.707. The maximum Gasteiger partial charge on any atom is 0.0750 e. The minimum atomic E-state index is 0.541. The van der Waals surface area contributed by atoms with Crippen molar-refractivity contribution in [3.63, 3.8) is 0 Å². The Morgan fingerprint density at radius 1 is 0.889 bits per heavy atom. The molecule has 2 rings (SSSR count). The van der Waals surface area contributed by atoms with Crippen molar-refractivity contribution in [2.75, 3.05) is 19.2 Å². The first-order valence-electron chi connectivity index (χ1n) is 5.91. The molecule has 0 saturated heterocycles. The Morgan fingerprint density at radius 3 is 2.22 bits per heavy atom. The van der Waals surface area contributed by atoms with Crippen LogP contribution in [0, 0.1) is 0 Å². The second-order valence-electron chi connectivity index (χ2n) is 4.52. The molecule has 0 fully saturated rings. The van der Waals surface area contributed by atoms with Gasteiger partial charge in [0, 0.05) is 6.54 Å². The summed E-state index contributed by atoms with van der Waals surface area (Å²) in [6.07, 6.45) is 0. The quantitative estimate of drug-likeness (QED) is 0.755. The van der Waals surface area contributed by atoms with Crippen LogP contribution in [0.25, 0.3) is 0 Å². The van der Waals surface area contributed by atoms with Gasteiger partial charge in [-0.05, 0) is 43.9 Å². The monoisotopic (exact) mass is 244 g/mol. The molecule has 2 aromatic carbocycles. The van der Waals surface area contributed by atoms with E-state index in [0.29, 0.717) is 16.5 Å². The van der Waals surface area contributed by atoms with Crippen LogP contribution in [0.3, 0.4) is 0 Å². The standard InChI is InChI=1S/C15H17FN2/c1-17(2)12-13-7-6-10-15(11-13)18(16)14-8-4-3-5-9-14/h3-11H,12H2,1-2H3. The molecular weight excluding hydrogens is 227 g/mol. The van der Waals surface area contributed by atoms with E-state index in [1.54, 1.807) is 18.2 Å². The van der Waals surface area contributed by atoms with Crippen molar-refractivity contribution in [3.05, 3.63) is 60.2 Å². The average molecular weight is 244 g/mol. The number of rotatable bonds is 4. The Balaban J connectivity index is 2.23. The lowest BCUT2D eigenvalue weighted by Gasteiger charge is -2.16. The number of hydrogen-bond acceptors (Lipinski definition) is 2. The van der Waals surface area contributed by atoms with E-state index in [0.717, 1.165) is 12.1 Å². The number of para-hydroxylation sites is 1. The number of nitrogens with zero attached hydrogens (tertiary/aromatic N) is 2. The fourth-order valence-electron chi connectivity index (χ4n) is 1.85. The lowest BCUT2D eigenvalue weighted by Crippen LogP contribution is -2.11. The molecule has 3 heteroatoms. The summed E-state index contributed by atoms with van der Waals surface area (Å²) in [6, 6.07) is 16.5. The minimum Gasteiger partial charge on any atom is -0.305 e. The summed E-state index contributed by atoms with van der Waals surface area (Å²) >= 11 is 0. The summed E-state index contributed by atoms with van der Waals surface area (Å²) in [5.41, 5.74) is 2.19. The Hall–Kier alpha value is -1.87. The summed E-state index contributed by atoms with van der Waals surface area (Å²) in [7, 11) is 3.99. The molecular formula is C15H17FN2.